The highest BCUT2D eigenvalue weighted by Gasteiger charge is 2.34. The van der Waals surface area contributed by atoms with Crippen LogP contribution in [0.2, 0.25) is 0 Å². The molecule has 0 radical (unpaired) electrons. The minimum Gasteiger partial charge on any atom is -0.497 e. The van der Waals surface area contributed by atoms with E-state index < -0.39 is 0 Å². The van der Waals surface area contributed by atoms with Crippen LogP contribution in [0.1, 0.15) is 26.2 Å². The molecule has 1 saturated heterocycles. The number of piperazine rings is 1. The molecule has 148 valence electrons. The molecule has 4 rings (SSSR count). The van der Waals surface area contributed by atoms with Crippen molar-refractivity contribution in [2.75, 3.05) is 31.6 Å². The fraction of sp³-hybridized carbons (Fsp3) is 0.476. The number of aromatic nitrogens is 2. The van der Waals surface area contributed by atoms with Crippen molar-refractivity contribution in [1.82, 2.24) is 14.9 Å². The first-order valence-electron chi connectivity index (χ1n) is 9.83. The minimum absolute atomic E-state index is 0.169. The summed E-state index contributed by atoms with van der Waals surface area (Å²) in [6.07, 6.45) is 4.79. The van der Waals surface area contributed by atoms with Crippen LogP contribution in [0.4, 0.5) is 5.82 Å². The van der Waals surface area contributed by atoms with Gasteiger partial charge >= 0.3 is 0 Å². The lowest BCUT2D eigenvalue weighted by Gasteiger charge is -2.43. The Morgan fingerprint density at radius 1 is 1.11 bits per heavy atom. The number of hydrogen-bond donors (Lipinski definition) is 0. The van der Waals surface area contributed by atoms with E-state index in [4.69, 9.17) is 9.47 Å². The lowest BCUT2D eigenvalue weighted by atomic mass is 9.84. The van der Waals surface area contributed by atoms with Gasteiger partial charge in [0.05, 0.1) is 7.11 Å². The van der Waals surface area contributed by atoms with Crippen LogP contribution in [0, 0.1) is 5.92 Å². The van der Waals surface area contributed by atoms with Gasteiger partial charge in [-0.1, -0.05) is 6.42 Å². The maximum atomic E-state index is 12.6. The first kappa shape index (κ1) is 18.5. The summed E-state index contributed by atoms with van der Waals surface area (Å²) in [5, 5.41) is 0. The lowest BCUT2D eigenvalue weighted by Crippen LogP contribution is -2.56. The number of amides is 1. The summed E-state index contributed by atoms with van der Waals surface area (Å²) >= 11 is 0. The number of rotatable bonds is 5. The van der Waals surface area contributed by atoms with Crippen LogP contribution in [0.3, 0.4) is 0 Å². The average Bonchev–Trinajstić information content (AvgIpc) is 2.67. The predicted molar refractivity (Wildman–Crippen MR) is 106 cm³/mol. The van der Waals surface area contributed by atoms with E-state index >= 15 is 0 Å². The van der Waals surface area contributed by atoms with Gasteiger partial charge in [-0.25, -0.2) is 9.97 Å². The predicted octanol–water partition coefficient (Wildman–Crippen LogP) is 3.11. The van der Waals surface area contributed by atoms with Crippen LogP contribution >= 0.6 is 0 Å². The number of hydrogen-bond acceptors (Lipinski definition) is 6. The standard InChI is InChI=1S/C21H26N4O3/c1-15-13-24(10-11-25(15)21(26)16-4-3-5-16)19-12-20(23-14-22-19)28-18-8-6-17(27-2)7-9-18/h6-9,12,14-16H,3-5,10-11,13H2,1-2H3/t15-/m0/s1. The molecule has 0 spiro atoms. The number of methoxy groups -OCH3 is 1. The van der Waals surface area contributed by atoms with Crippen molar-refractivity contribution in [3.8, 4) is 17.4 Å². The van der Waals surface area contributed by atoms with Gasteiger partial charge in [-0.3, -0.25) is 4.79 Å². The maximum Gasteiger partial charge on any atom is 0.226 e. The largest absolute Gasteiger partial charge is 0.497 e. The summed E-state index contributed by atoms with van der Waals surface area (Å²) in [6.45, 7) is 4.37. The second-order valence-corrected chi connectivity index (χ2v) is 7.45. The van der Waals surface area contributed by atoms with E-state index in [2.05, 4.69) is 21.8 Å². The van der Waals surface area contributed by atoms with E-state index in [1.807, 2.05) is 35.2 Å². The van der Waals surface area contributed by atoms with E-state index in [0.29, 0.717) is 17.5 Å². The van der Waals surface area contributed by atoms with E-state index in [9.17, 15) is 4.79 Å². The number of ether oxygens (including phenoxy) is 2. The summed E-state index contributed by atoms with van der Waals surface area (Å²) in [7, 11) is 1.63. The van der Waals surface area contributed by atoms with Crippen LogP contribution < -0.4 is 14.4 Å². The second-order valence-electron chi connectivity index (χ2n) is 7.45. The SMILES string of the molecule is COc1ccc(Oc2cc(N3CCN(C(=O)C4CCC4)[C@@H](C)C3)ncn2)cc1. The Bertz CT molecular complexity index is 823. The molecule has 0 bridgehead atoms. The smallest absolute Gasteiger partial charge is 0.226 e. The highest BCUT2D eigenvalue weighted by Crippen LogP contribution is 2.30. The first-order chi connectivity index (χ1) is 13.6. The lowest BCUT2D eigenvalue weighted by molar-refractivity contribution is -0.140. The molecule has 2 heterocycles. The molecule has 7 heteroatoms. The van der Waals surface area contributed by atoms with Gasteiger partial charge < -0.3 is 19.3 Å². The fourth-order valence-corrected chi connectivity index (χ4v) is 3.71. The summed E-state index contributed by atoms with van der Waals surface area (Å²) in [5.41, 5.74) is 0. The van der Waals surface area contributed by atoms with Crippen molar-refractivity contribution in [3.63, 3.8) is 0 Å². The van der Waals surface area contributed by atoms with Crippen LogP contribution in [0.25, 0.3) is 0 Å². The summed E-state index contributed by atoms with van der Waals surface area (Å²) in [6, 6.07) is 9.39. The zero-order valence-electron chi connectivity index (χ0n) is 16.4. The van der Waals surface area contributed by atoms with Crippen molar-refractivity contribution in [3.05, 3.63) is 36.7 Å². The third-order valence-electron chi connectivity index (χ3n) is 5.60. The molecule has 1 saturated carbocycles. The molecule has 7 nitrogen and oxygen atoms in total. The third-order valence-corrected chi connectivity index (χ3v) is 5.60. The van der Waals surface area contributed by atoms with Crippen LogP contribution in [0.5, 0.6) is 17.4 Å². The van der Waals surface area contributed by atoms with Gasteiger partial charge in [-0.15, -0.1) is 0 Å². The summed E-state index contributed by atoms with van der Waals surface area (Å²) < 4.78 is 11.0. The van der Waals surface area contributed by atoms with Crippen molar-refractivity contribution in [1.29, 1.82) is 0 Å². The summed E-state index contributed by atoms with van der Waals surface area (Å²) in [5.74, 6) is 3.35. The molecule has 1 aliphatic heterocycles. The molecule has 0 N–H and O–H groups in total. The second kappa shape index (κ2) is 8.04. The molecule has 0 unspecified atom stereocenters. The van der Waals surface area contributed by atoms with E-state index in [1.54, 1.807) is 7.11 Å². The van der Waals surface area contributed by atoms with Gasteiger partial charge in [0.15, 0.2) is 0 Å². The number of nitrogens with zero attached hydrogens (tertiary/aromatic N) is 4. The Labute approximate surface area is 165 Å². The van der Waals surface area contributed by atoms with Gasteiger partial charge in [0.2, 0.25) is 11.8 Å². The number of carbonyl (C=O) groups is 1. The topological polar surface area (TPSA) is 67.8 Å². The third kappa shape index (κ3) is 3.88. The fourth-order valence-electron chi connectivity index (χ4n) is 3.71. The quantitative estimate of drug-likeness (QED) is 0.792. The van der Waals surface area contributed by atoms with Gasteiger partial charge in [0.1, 0.15) is 23.6 Å². The highest BCUT2D eigenvalue weighted by atomic mass is 16.5. The Kier molecular flexibility index (Phi) is 5.32. The molecule has 28 heavy (non-hydrogen) atoms. The van der Waals surface area contributed by atoms with Crippen LogP contribution in [-0.2, 0) is 4.79 Å². The zero-order valence-corrected chi connectivity index (χ0v) is 16.4. The minimum atomic E-state index is 0.169. The van der Waals surface area contributed by atoms with E-state index in [0.717, 1.165) is 44.0 Å². The van der Waals surface area contributed by atoms with Crippen molar-refractivity contribution in [2.24, 2.45) is 5.92 Å². The van der Waals surface area contributed by atoms with Crippen molar-refractivity contribution < 1.29 is 14.3 Å². The number of carbonyl (C=O) groups excluding carboxylic acids is 1. The molecular weight excluding hydrogens is 356 g/mol. The van der Waals surface area contributed by atoms with E-state index in [-0.39, 0.29) is 12.0 Å². The molecular formula is C21H26N4O3. The van der Waals surface area contributed by atoms with Gasteiger partial charge in [0.25, 0.3) is 0 Å². The molecule has 1 aromatic heterocycles. The molecule has 2 aliphatic rings. The Balaban J connectivity index is 1.40. The molecule has 1 aromatic carbocycles. The molecule has 1 aliphatic carbocycles. The van der Waals surface area contributed by atoms with Crippen molar-refractivity contribution >= 4 is 11.7 Å². The molecule has 1 amide bonds. The van der Waals surface area contributed by atoms with Crippen LogP contribution in [0.15, 0.2) is 36.7 Å². The Morgan fingerprint density at radius 2 is 1.86 bits per heavy atom. The number of anilines is 1. The zero-order chi connectivity index (χ0) is 19.5. The Morgan fingerprint density at radius 3 is 2.50 bits per heavy atom. The van der Waals surface area contributed by atoms with Gasteiger partial charge in [-0.05, 0) is 44.0 Å². The molecule has 2 aromatic rings. The Hall–Kier alpha value is -2.83. The molecule has 2 fully saturated rings. The van der Waals surface area contributed by atoms with Gasteiger partial charge in [0, 0.05) is 37.7 Å². The maximum absolute atomic E-state index is 12.6. The average molecular weight is 382 g/mol. The van der Waals surface area contributed by atoms with E-state index in [1.165, 1.54) is 12.7 Å². The first-order valence-corrected chi connectivity index (χ1v) is 9.83. The monoisotopic (exact) mass is 382 g/mol. The van der Waals surface area contributed by atoms with Gasteiger partial charge in [-0.2, -0.15) is 0 Å². The number of benzene rings is 1. The van der Waals surface area contributed by atoms with Crippen molar-refractivity contribution in [2.45, 2.75) is 32.2 Å². The summed E-state index contributed by atoms with van der Waals surface area (Å²) in [4.78, 5) is 25.5. The van der Waals surface area contributed by atoms with Crippen LogP contribution in [-0.4, -0.2) is 53.6 Å². The highest BCUT2D eigenvalue weighted by molar-refractivity contribution is 5.80. The molecule has 1 atom stereocenters. The normalized spacial score (nSPS) is 19.9.